The maximum absolute atomic E-state index is 3.88. The lowest BCUT2D eigenvalue weighted by Crippen LogP contribution is -2.49. The van der Waals surface area contributed by atoms with Crippen LogP contribution in [0.1, 0.15) is 78.1 Å². The molecule has 2 saturated carbocycles. The molecule has 0 aromatic heterocycles. The number of likely N-dealkylation sites (tertiary alicyclic amines) is 1. The normalized spacial score (nSPS) is 30.0. The summed E-state index contributed by atoms with van der Waals surface area (Å²) in [5, 5.41) is 3.88. The molecule has 1 saturated heterocycles. The summed E-state index contributed by atoms with van der Waals surface area (Å²) < 4.78 is 0. The molecule has 0 aromatic rings. The van der Waals surface area contributed by atoms with Crippen molar-refractivity contribution >= 4 is 0 Å². The van der Waals surface area contributed by atoms with Gasteiger partial charge in [-0.3, -0.25) is 0 Å². The van der Waals surface area contributed by atoms with Gasteiger partial charge in [0.15, 0.2) is 0 Å². The number of rotatable bonds is 5. The Hall–Kier alpha value is -0.0800. The molecule has 0 bridgehead atoms. The number of hydrogen-bond donors (Lipinski definition) is 1. The van der Waals surface area contributed by atoms with Gasteiger partial charge in [0.2, 0.25) is 0 Å². The van der Waals surface area contributed by atoms with Crippen molar-refractivity contribution in [1.82, 2.24) is 10.2 Å². The average Bonchev–Trinajstić information content (AvgIpc) is 3.23. The zero-order chi connectivity index (χ0) is 14.8. The largest absolute Gasteiger partial charge is 0.313 e. The smallest absolute Gasteiger partial charge is 0.00684 e. The molecule has 2 nitrogen and oxygen atoms in total. The maximum atomic E-state index is 3.88. The van der Waals surface area contributed by atoms with E-state index in [4.69, 9.17) is 0 Å². The fourth-order valence-corrected chi connectivity index (χ4v) is 4.67. The Kier molecular flexibility index (Phi) is 4.95. The van der Waals surface area contributed by atoms with Crippen LogP contribution in [-0.4, -0.2) is 37.1 Å². The molecule has 0 radical (unpaired) electrons. The van der Waals surface area contributed by atoms with E-state index in [2.05, 4.69) is 24.1 Å². The minimum atomic E-state index is 0.536. The third kappa shape index (κ3) is 4.69. The molecule has 0 amide bonds. The average molecular weight is 293 g/mol. The maximum Gasteiger partial charge on any atom is 0.00684 e. The Morgan fingerprint density at radius 1 is 0.952 bits per heavy atom. The van der Waals surface area contributed by atoms with Gasteiger partial charge in [-0.1, -0.05) is 39.5 Å². The zero-order valence-electron chi connectivity index (χ0n) is 14.4. The highest BCUT2D eigenvalue weighted by atomic mass is 15.2. The lowest BCUT2D eigenvalue weighted by molar-refractivity contribution is 0.0599. The van der Waals surface area contributed by atoms with Crippen LogP contribution >= 0.6 is 0 Å². The predicted octanol–water partition coefficient (Wildman–Crippen LogP) is 4.20. The van der Waals surface area contributed by atoms with Crippen molar-refractivity contribution in [3.63, 3.8) is 0 Å². The molecule has 0 aromatic carbocycles. The van der Waals surface area contributed by atoms with Crippen molar-refractivity contribution in [2.24, 2.45) is 10.8 Å². The Morgan fingerprint density at radius 2 is 1.67 bits per heavy atom. The molecule has 3 rings (SSSR count). The molecule has 2 heteroatoms. The lowest BCUT2D eigenvalue weighted by Gasteiger charge is -2.44. The van der Waals surface area contributed by atoms with Crippen LogP contribution in [0.5, 0.6) is 0 Å². The SMILES string of the molecule is CC1(C)CCCN(CC2(CNC3CC3)CCCCCC2)C1. The Bertz CT molecular complexity index is 324. The first-order chi connectivity index (χ1) is 10.1. The van der Waals surface area contributed by atoms with E-state index < -0.39 is 0 Å². The lowest BCUT2D eigenvalue weighted by atomic mass is 9.77. The van der Waals surface area contributed by atoms with Crippen molar-refractivity contribution in [2.45, 2.75) is 84.1 Å². The Morgan fingerprint density at radius 3 is 2.29 bits per heavy atom. The second-order valence-electron chi connectivity index (χ2n) is 9.05. The summed E-state index contributed by atoms with van der Waals surface area (Å²) in [7, 11) is 0. The highest BCUT2D eigenvalue weighted by Crippen LogP contribution is 2.38. The van der Waals surface area contributed by atoms with Crippen LogP contribution in [-0.2, 0) is 0 Å². The van der Waals surface area contributed by atoms with Crippen LogP contribution in [0.4, 0.5) is 0 Å². The molecule has 1 N–H and O–H groups in total. The number of hydrogen-bond acceptors (Lipinski definition) is 2. The molecule has 2 aliphatic carbocycles. The first-order valence-corrected chi connectivity index (χ1v) is 9.53. The van der Waals surface area contributed by atoms with Gasteiger partial charge in [-0.25, -0.2) is 0 Å². The van der Waals surface area contributed by atoms with Crippen LogP contribution < -0.4 is 5.32 Å². The monoisotopic (exact) mass is 292 g/mol. The quantitative estimate of drug-likeness (QED) is 0.764. The van der Waals surface area contributed by atoms with Gasteiger partial charge in [0.05, 0.1) is 0 Å². The van der Waals surface area contributed by atoms with Crippen LogP contribution in [0.3, 0.4) is 0 Å². The molecular weight excluding hydrogens is 256 g/mol. The summed E-state index contributed by atoms with van der Waals surface area (Å²) in [6.45, 7) is 10.2. The Balaban J connectivity index is 1.62. The number of piperidine rings is 1. The minimum absolute atomic E-state index is 0.536. The molecule has 0 spiro atoms. The van der Waals surface area contributed by atoms with Gasteiger partial charge < -0.3 is 10.2 Å². The van der Waals surface area contributed by atoms with Crippen molar-refractivity contribution in [2.75, 3.05) is 26.2 Å². The first-order valence-electron chi connectivity index (χ1n) is 9.53. The van der Waals surface area contributed by atoms with Gasteiger partial charge in [-0.15, -0.1) is 0 Å². The third-order valence-electron chi connectivity index (χ3n) is 6.05. The van der Waals surface area contributed by atoms with Crippen LogP contribution in [0.15, 0.2) is 0 Å². The van der Waals surface area contributed by atoms with Crippen molar-refractivity contribution in [3.8, 4) is 0 Å². The van der Waals surface area contributed by atoms with Crippen LogP contribution in [0, 0.1) is 10.8 Å². The zero-order valence-corrected chi connectivity index (χ0v) is 14.4. The summed E-state index contributed by atoms with van der Waals surface area (Å²) in [6, 6.07) is 0.864. The van der Waals surface area contributed by atoms with Crippen LogP contribution in [0.25, 0.3) is 0 Å². The predicted molar refractivity (Wildman–Crippen MR) is 90.6 cm³/mol. The molecule has 21 heavy (non-hydrogen) atoms. The Labute approximate surface area is 132 Å². The van der Waals surface area contributed by atoms with E-state index in [9.17, 15) is 0 Å². The molecule has 1 aliphatic heterocycles. The van der Waals surface area contributed by atoms with E-state index in [1.165, 1.54) is 90.4 Å². The second kappa shape index (κ2) is 6.58. The van der Waals surface area contributed by atoms with E-state index in [0.29, 0.717) is 10.8 Å². The number of nitrogens with zero attached hydrogens (tertiary/aromatic N) is 1. The van der Waals surface area contributed by atoms with E-state index >= 15 is 0 Å². The first kappa shape index (κ1) is 15.8. The molecule has 1 heterocycles. The van der Waals surface area contributed by atoms with Crippen LogP contribution in [0.2, 0.25) is 0 Å². The van der Waals surface area contributed by atoms with E-state index in [1.54, 1.807) is 0 Å². The topological polar surface area (TPSA) is 15.3 Å². The van der Waals surface area contributed by atoms with Gasteiger partial charge in [-0.2, -0.15) is 0 Å². The number of nitrogens with one attached hydrogen (secondary N) is 1. The van der Waals surface area contributed by atoms with E-state index in [-0.39, 0.29) is 0 Å². The minimum Gasteiger partial charge on any atom is -0.313 e. The fraction of sp³-hybridized carbons (Fsp3) is 1.00. The van der Waals surface area contributed by atoms with Crippen molar-refractivity contribution in [3.05, 3.63) is 0 Å². The molecule has 0 unspecified atom stereocenters. The molecule has 3 fully saturated rings. The molecule has 3 aliphatic rings. The van der Waals surface area contributed by atoms with Gasteiger partial charge >= 0.3 is 0 Å². The summed E-state index contributed by atoms with van der Waals surface area (Å²) >= 11 is 0. The highest BCUT2D eigenvalue weighted by Gasteiger charge is 2.37. The summed E-state index contributed by atoms with van der Waals surface area (Å²) in [4.78, 5) is 2.81. The third-order valence-corrected chi connectivity index (χ3v) is 6.05. The second-order valence-corrected chi connectivity index (χ2v) is 9.05. The highest BCUT2D eigenvalue weighted by molar-refractivity contribution is 4.92. The van der Waals surface area contributed by atoms with Gasteiger partial charge in [0.25, 0.3) is 0 Å². The summed E-state index contributed by atoms with van der Waals surface area (Å²) in [5.41, 5.74) is 1.11. The van der Waals surface area contributed by atoms with E-state index in [0.717, 1.165) is 6.04 Å². The van der Waals surface area contributed by atoms with Gasteiger partial charge in [0, 0.05) is 25.7 Å². The summed E-state index contributed by atoms with van der Waals surface area (Å²) in [6.07, 6.45) is 14.4. The fourth-order valence-electron chi connectivity index (χ4n) is 4.67. The van der Waals surface area contributed by atoms with Crippen molar-refractivity contribution in [1.29, 1.82) is 0 Å². The standard InChI is InChI=1S/C19H36N2/c1-18(2)10-7-13-21(15-18)16-19(14-20-17-8-9-17)11-5-3-4-6-12-19/h17,20H,3-16H2,1-2H3. The van der Waals surface area contributed by atoms with Crippen molar-refractivity contribution < 1.29 is 0 Å². The van der Waals surface area contributed by atoms with Gasteiger partial charge in [-0.05, 0) is 55.9 Å². The van der Waals surface area contributed by atoms with E-state index in [1.807, 2.05) is 0 Å². The summed E-state index contributed by atoms with van der Waals surface area (Å²) in [5.74, 6) is 0. The van der Waals surface area contributed by atoms with Gasteiger partial charge in [0.1, 0.15) is 0 Å². The molecule has 0 atom stereocenters. The molecule has 122 valence electrons. The molecular formula is C19H36N2.